The highest BCUT2D eigenvalue weighted by atomic mass is 19.1. The maximum Gasteiger partial charge on any atom is 0.159 e. The average Bonchev–Trinajstić information content (AvgIpc) is 3.39. The minimum atomic E-state index is -1.00. The lowest BCUT2D eigenvalue weighted by Gasteiger charge is -2.35. The fourth-order valence-electron chi connectivity index (χ4n) is 8.31. The molecule has 2 saturated carbocycles. The number of rotatable bonds is 8. The summed E-state index contributed by atoms with van der Waals surface area (Å²) in [6, 6.07) is 17.3. The largest absolute Gasteiger partial charge is 0.295 e. The van der Waals surface area contributed by atoms with Crippen LogP contribution in [0.15, 0.2) is 66.3 Å². The van der Waals surface area contributed by atoms with Crippen LogP contribution in [0.5, 0.6) is 0 Å². The fourth-order valence-corrected chi connectivity index (χ4v) is 8.31. The minimum absolute atomic E-state index is 0.120. The molecule has 2 fully saturated rings. The Morgan fingerprint density at radius 2 is 1.50 bits per heavy atom. The number of ketones is 1. The zero-order valence-electron chi connectivity index (χ0n) is 32.7. The van der Waals surface area contributed by atoms with Gasteiger partial charge in [-0.3, -0.25) is 4.79 Å². The summed E-state index contributed by atoms with van der Waals surface area (Å²) < 4.78 is 15.6. The maximum atomic E-state index is 15.6. The van der Waals surface area contributed by atoms with Crippen LogP contribution >= 0.6 is 0 Å². The summed E-state index contributed by atoms with van der Waals surface area (Å²) in [5.74, 6) is 3.25. The highest BCUT2D eigenvalue weighted by molar-refractivity contribution is 5.94. The Kier molecular flexibility index (Phi) is 18.2. The lowest BCUT2D eigenvalue weighted by atomic mass is 9.74. The van der Waals surface area contributed by atoms with Crippen LogP contribution < -0.4 is 0 Å². The van der Waals surface area contributed by atoms with Gasteiger partial charge in [0, 0.05) is 12.0 Å². The van der Waals surface area contributed by atoms with E-state index in [4.69, 9.17) is 0 Å². The number of halogens is 1. The van der Waals surface area contributed by atoms with E-state index >= 15 is 4.39 Å². The summed E-state index contributed by atoms with van der Waals surface area (Å²) in [6.45, 7) is 24.8. The molecule has 0 aromatic heterocycles. The van der Waals surface area contributed by atoms with Crippen molar-refractivity contribution in [1.82, 2.24) is 0 Å². The third kappa shape index (κ3) is 11.6. The van der Waals surface area contributed by atoms with Crippen LogP contribution in [0.4, 0.5) is 4.39 Å². The van der Waals surface area contributed by atoms with Crippen LogP contribution in [0.2, 0.25) is 0 Å². The van der Waals surface area contributed by atoms with Crippen LogP contribution in [0, 0.1) is 29.6 Å². The van der Waals surface area contributed by atoms with Gasteiger partial charge in [-0.05, 0) is 111 Å². The number of Topliss-reactive ketones (excluding diaryl/α,β-unsaturated/α-hetero) is 1. The summed E-state index contributed by atoms with van der Waals surface area (Å²) in [5, 5.41) is 0. The van der Waals surface area contributed by atoms with E-state index < -0.39 is 5.67 Å². The molecule has 48 heavy (non-hydrogen) atoms. The molecule has 0 N–H and O–H groups in total. The number of hydrogen-bond acceptors (Lipinski definition) is 1. The summed E-state index contributed by atoms with van der Waals surface area (Å²) in [6.07, 6.45) is 13.9. The first-order valence-electron chi connectivity index (χ1n) is 19.9. The smallest absolute Gasteiger partial charge is 0.159 e. The molecule has 0 saturated heterocycles. The van der Waals surface area contributed by atoms with E-state index in [1.807, 2.05) is 53.7 Å². The quantitative estimate of drug-likeness (QED) is 0.157. The lowest BCUT2D eigenvalue weighted by Crippen LogP contribution is -2.30. The van der Waals surface area contributed by atoms with Crippen molar-refractivity contribution in [2.45, 2.75) is 158 Å². The topological polar surface area (TPSA) is 17.1 Å². The third-order valence-corrected chi connectivity index (χ3v) is 11.5. The fraction of sp³-hybridized carbons (Fsp3) is 0.630. The van der Waals surface area contributed by atoms with Gasteiger partial charge in [0.25, 0.3) is 0 Å². The third-order valence-electron chi connectivity index (χ3n) is 11.5. The van der Waals surface area contributed by atoms with Crippen molar-refractivity contribution in [1.29, 1.82) is 0 Å². The molecule has 0 aliphatic heterocycles. The molecule has 5 rings (SSSR count). The molecule has 0 radical (unpaired) electrons. The molecule has 0 heterocycles. The zero-order valence-corrected chi connectivity index (χ0v) is 32.7. The summed E-state index contributed by atoms with van der Waals surface area (Å²) in [7, 11) is 0. The molecular weight excluding hydrogens is 588 g/mol. The van der Waals surface area contributed by atoms with Gasteiger partial charge in [0.2, 0.25) is 0 Å². The van der Waals surface area contributed by atoms with Gasteiger partial charge in [-0.25, -0.2) is 4.39 Å². The Bertz CT molecular complexity index is 1290. The molecule has 0 amide bonds. The van der Waals surface area contributed by atoms with Crippen molar-refractivity contribution in [3.05, 3.63) is 88.5 Å². The van der Waals surface area contributed by atoms with Crippen LogP contribution in [-0.2, 0) is 12.8 Å². The maximum absolute atomic E-state index is 15.6. The first kappa shape index (κ1) is 41.7. The summed E-state index contributed by atoms with van der Waals surface area (Å²) >= 11 is 0. The number of carbonyl (C=O) groups excluding carboxylic acids is 1. The van der Waals surface area contributed by atoms with Crippen molar-refractivity contribution < 1.29 is 9.18 Å². The molecule has 2 aromatic carbocycles. The number of benzene rings is 2. The van der Waals surface area contributed by atoms with Crippen molar-refractivity contribution in [2.75, 3.05) is 0 Å². The van der Waals surface area contributed by atoms with Gasteiger partial charge in [-0.1, -0.05) is 154 Å². The Morgan fingerprint density at radius 1 is 0.875 bits per heavy atom. The van der Waals surface area contributed by atoms with Gasteiger partial charge in [-0.15, -0.1) is 0 Å². The van der Waals surface area contributed by atoms with E-state index in [1.54, 1.807) is 6.92 Å². The Balaban J connectivity index is 0.00000126. The number of hydrogen-bond donors (Lipinski definition) is 0. The van der Waals surface area contributed by atoms with Crippen molar-refractivity contribution in [3.63, 3.8) is 0 Å². The Hall–Kier alpha value is -2.48. The lowest BCUT2D eigenvalue weighted by molar-refractivity contribution is 0.0958. The SMILES string of the molecule is C=C1CC(F)(CCC2CCCC(CC3Cc4ccccc4C(Cc4ccc(C(C)=O)cc4)=C(C)C3C)CC2)CCC1C.CC.CC.CC. The molecule has 2 aromatic rings. The monoisotopic (exact) mass is 659 g/mol. The van der Waals surface area contributed by atoms with Crippen molar-refractivity contribution in [2.24, 2.45) is 29.6 Å². The molecule has 0 spiro atoms. The second-order valence-corrected chi connectivity index (χ2v) is 14.4. The molecule has 2 heteroatoms. The molecule has 3 aliphatic rings. The average molecular weight is 659 g/mol. The van der Waals surface area contributed by atoms with Crippen LogP contribution in [0.3, 0.4) is 0 Å². The molecular formula is C46H71FO. The molecule has 6 atom stereocenters. The predicted octanol–water partition coefficient (Wildman–Crippen LogP) is 14.2. The highest BCUT2D eigenvalue weighted by Gasteiger charge is 2.37. The van der Waals surface area contributed by atoms with Gasteiger partial charge in [0.1, 0.15) is 5.67 Å². The Labute approximate surface area is 296 Å². The van der Waals surface area contributed by atoms with E-state index in [0.29, 0.717) is 30.1 Å². The van der Waals surface area contributed by atoms with E-state index in [-0.39, 0.29) is 5.78 Å². The van der Waals surface area contributed by atoms with Gasteiger partial charge >= 0.3 is 0 Å². The van der Waals surface area contributed by atoms with Crippen molar-refractivity contribution >= 4 is 11.4 Å². The predicted molar refractivity (Wildman–Crippen MR) is 209 cm³/mol. The van der Waals surface area contributed by atoms with Gasteiger partial charge < -0.3 is 0 Å². The van der Waals surface area contributed by atoms with E-state index in [1.165, 1.54) is 66.4 Å². The number of alkyl halides is 1. The summed E-state index contributed by atoms with van der Waals surface area (Å²) in [4.78, 5) is 11.8. The zero-order chi connectivity index (χ0) is 35.9. The normalized spacial score (nSPS) is 27.0. The van der Waals surface area contributed by atoms with Gasteiger partial charge in [0.05, 0.1) is 0 Å². The van der Waals surface area contributed by atoms with Gasteiger partial charge in [-0.2, -0.15) is 0 Å². The number of carbonyl (C=O) groups is 1. The van der Waals surface area contributed by atoms with Crippen molar-refractivity contribution in [3.8, 4) is 0 Å². The summed E-state index contributed by atoms with van der Waals surface area (Å²) in [5.41, 5.74) is 8.08. The standard InChI is InChI=1S/C40H53FO.3C2H6/c1-27-19-21-40(41,26-28(27)2)22-20-32-9-8-10-33(14-13-32)23-37-25-36-11-6-7-12-38(36)39(30(4)29(37)3)24-34-15-17-35(18-16-34)31(5)42;3*1-2/h6-7,11-12,15-18,27,29,32-33,37H,2,8-10,13-14,19-26H2,1,3-5H3;3*1-2H3. The first-order chi connectivity index (χ1) is 23.1. The molecule has 0 bridgehead atoms. The second-order valence-electron chi connectivity index (χ2n) is 14.4. The minimum Gasteiger partial charge on any atom is -0.295 e. The van der Waals surface area contributed by atoms with Crippen LogP contribution in [0.25, 0.3) is 5.57 Å². The van der Waals surface area contributed by atoms with Gasteiger partial charge in [0.15, 0.2) is 5.78 Å². The first-order valence-corrected chi connectivity index (χ1v) is 19.9. The van der Waals surface area contributed by atoms with E-state index in [2.05, 4.69) is 63.7 Å². The Morgan fingerprint density at radius 3 is 2.15 bits per heavy atom. The van der Waals surface area contributed by atoms with Crippen LogP contribution in [0.1, 0.15) is 167 Å². The van der Waals surface area contributed by atoms with Crippen LogP contribution in [-0.4, -0.2) is 11.5 Å². The van der Waals surface area contributed by atoms with E-state index in [0.717, 1.165) is 55.6 Å². The highest BCUT2D eigenvalue weighted by Crippen LogP contribution is 2.45. The number of allylic oxidation sites excluding steroid dienone is 3. The molecule has 1 nitrogen and oxygen atoms in total. The molecule has 6 unspecified atom stereocenters. The molecule has 268 valence electrons. The molecule has 3 aliphatic carbocycles. The van der Waals surface area contributed by atoms with E-state index in [9.17, 15) is 4.79 Å². The second kappa shape index (κ2) is 20.9. The number of fused-ring (bicyclic) bond motifs is 1.